The topological polar surface area (TPSA) is 549 Å². The molecule has 0 saturated carbocycles. The van der Waals surface area contributed by atoms with Crippen molar-refractivity contribution in [2.45, 2.75) is 229 Å². The molecular weight excluding hydrogens is 1690 g/mol. The van der Waals surface area contributed by atoms with Gasteiger partial charge >= 0.3 is 5.97 Å². The molecule has 3 fully saturated rings. The van der Waals surface area contributed by atoms with E-state index in [1.807, 2.05) is 6.92 Å². The molecule has 5 aromatic rings. The molecule has 16 amide bonds. The fraction of sp³-hybridized carbons (Fsp3) is 0.522. The van der Waals surface area contributed by atoms with Crippen molar-refractivity contribution < 1.29 is 96.1 Å². The summed E-state index contributed by atoms with van der Waals surface area (Å²) < 4.78 is 14.6. The lowest BCUT2D eigenvalue weighted by atomic mass is 9.93. The van der Waals surface area contributed by atoms with Crippen LogP contribution < -0.4 is 65.1 Å². The predicted octanol–water partition coefficient (Wildman–Crippen LogP) is 0.734. The van der Waals surface area contributed by atoms with Gasteiger partial charge in [0, 0.05) is 89.2 Å². The third-order valence-corrected chi connectivity index (χ3v) is 24.7. The number of hydrogen-bond donors (Lipinski definition) is 15. The number of para-hydroxylation sites is 1. The molecule has 0 spiro atoms. The van der Waals surface area contributed by atoms with E-state index in [-0.39, 0.29) is 96.0 Å². The smallest absolute Gasteiger partial charge is 0.305 e. The van der Waals surface area contributed by atoms with E-state index in [1.165, 1.54) is 72.2 Å². The Morgan fingerprint density at radius 3 is 1.72 bits per heavy atom. The van der Waals surface area contributed by atoms with Crippen molar-refractivity contribution in [3.05, 3.63) is 137 Å². The first-order valence-corrected chi connectivity index (χ1v) is 44.9. The van der Waals surface area contributed by atoms with Crippen LogP contribution >= 0.6 is 11.8 Å². The number of phenolic OH excluding ortho intramolecular Hbond substituents is 1. The van der Waals surface area contributed by atoms with E-state index in [0.717, 1.165) is 33.7 Å². The standard InChI is InChI=1S/C90H123FN18O19S/c1-9-11-26-70-89(127)109-41-20-28-69(109)84(122)102-65(46-75(114)115)82(120)104-76(51(3)4)90(128)107(8)77(52(5)10-2)85(123)99-62(37-38-72(93)111)87(125)108-40-18-17-27-68(108)83(121)101-64(45-56-47-95-60-24-16-15-23-59(56)60)81(119)100-63(42-55-31-35-58(110)36-32-55)80(118)98-61(25-19-39-92)79(117)103-67(78(116)96-48-73(94)112)49-129-50-74(113)97-66(43-54-29-33-57(91)34-30-54)86(124)106(7)71(88(126)105(70)6)44-53-21-13-12-14-22-53/h12-16,21-24,29-36,47,51-52,61-71,76-77,95,110H,9-11,17-20,25-28,37-46,48-50,92H2,1-8H3,(H2,93,111)(H2,94,112)(H,96,116)(H,97,113)(H,98,118)(H,99,123)(H,100,119)(H,101,121)(H,102,122)(H,103,117)(H,104,120)(H,114,115)/t52?,61-,62-,63-,64+,65-,66-,67-,68+,69+,70-,71-,76-,77-/m0/s1. The summed E-state index contributed by atoms with van der Waals surface area (Å²) in [6.45, 7) is 7.44. The zero-order chi connectivity index (χ0) is 94.5. The maximum atomic E-state index is 15.7. The second kappa shape index (κ2) is 49.1. The molecule has 4 heterocycles. The number of rotatable bonds is 25. The maximum absolute atomic E-state index is 15.7. The molecule has 39 heteroatoms. The third-order valence-electron chi connectivity index (χ3n) is 23.6. The van der Waals surface area contributed by atoms with E-state index in [4.69, 9.17) is 17.2 Å². The van der Waals surface area contributed by atoms with Crippen molar-refractivity contribution >= 4 is 123 Å². The van der Waals surface area contributed by atoms with Crippen molar-refractivity contribution in [3.63, 3.8) is 0 Å². The summed E-state index contributed by atoms with van der Waals surface area (Å²) in [5.41, 5.74) is 19.6. The molecule has 3 aliphatic rings. The summed E-state index contributed by atoms with van der Waals surface area (Å²) in [6.07, 6.45) is 0.541. The number of aliphatic carboxylic acids is 1. The monoisotopic (exact) mass is 1810 g/mol. The number of benzene rings is 4. The fourth-order valence-electron chi connectivity index (χ4n) is 16.2. The highest BCUT2D eigenvalue weighted by molar-refractivity contribution is 8.00. The van der Waals surface area contributed by atoms with Gasteiger partial charge in [-0.15, -0.1) is 11.8 Å². The Morgan fingerprint density at radius 2 is 1.09 bits per heavy atom. The first-order chi connectivity index (χ1) is 61.4. The van der Waals surface area contributed by atoms with Gasteiger partial charge in [-0.1, -0.05) is 127 Å². The molecule has 8 rings (SSSR count). The van der Waals surface area contributed by atoms with Crippen LogP contribution in [0.2, 0.25) is 0 Å². The molecule has 129 heavy (non-hydrogen) atoms. The molecule has 0 aliphatic carbocycles. The largest absolute Gasteiger partial charge is 0.508 e. The number of aromatic nitrogens is 1. The molecule has 3 saturated heterocycles. The average Bonchev–Trinajstić information content (AvgIpc) is 1.72. The summed E-state index contributed by atoms with van der Waals surface area (Å²) >= 11 is 0.773. The third kappa shape index (κ3) is 29.0. The number of nitrogens with zero attached hydrogens (tertiary/aromatic N) is 5. The number of amides is 16. The minimum absolute atomic E-state index is 0.00224. The molecule has 0 radical (unpaired) electrons. The number of piperidine rings is 1. The van der Waals surface area contributed by atoms with Crippen LogP contribution in [0.3, 0.4) is 0 Å². The van der Waals surface area contributed by atoms with Gasteiger partial charge in [-0.05, 0) is 129 Å². The maximum Gasteiger partial charge on any atom is 0.305 e. The zero-order valence-corrected chi connectivity index (χ0v) is 74.9. The van der Waals surface area contributed by atoms with Gasteiger partial charge in [-0.3, -0.25) is 81.5 Å². The Balaban J connectivity index is 1.22. The van der Waals surface area contributed by atoms with E-state index in [1.54, 1.807) is 88.5 Å². The number of H-pyrrole nitrogens is 1. The second-order valence-corrected chi connectivity index (χ2v) is 34.5. The quantitative estimate of drug-likeness (QED) is 0.0383. The predicted molar refractivity (Wildman–Crippen MR) is 476 cm³/mol. The number of carbonyl (C=O) groups excluding carboxylic acids is 16. The molecule has 14 atom stereocenters. The number of unbranched alkanes of at least 4 members (excludes halogenated alkanes) is 1. The van der Waals surface area contributed by atoms with Crippen molar-refractivity contribution in [1.29, 1.82) is 0 Å². The number of carboxylic acids is 1. The van der Waals surface area contributed by atoms with Crippen molar-refractivity contribution in [2.24, 2.45) is 29.0 Å². The lowest BCUT2D eigenvalue weighted by molar-refractivity contribution is -0.152. The van der Waals surface area contributed by atoms with Crippen molar-refractivity contribution in [3.8, 4) is 5.75 Å². The summed E-state index contributed by atoms with van der Waals surface area (Å²) in [7, 11) is 3.97. The Morgan fingerprint density at radius 1 is 0.535 bits per heavy atom. The first kappa shape index (κ1) is 102. The number of aromatic amines is 1. The summed E-state index contributed by atoms with van der Waals surface area (Å²) in [5, 5.41) is 45.3. The molecule has 700 valence electrons. The van der Waals surface area contributed by atoms with E-state index >= 15 is 43.2 Å². The average molecular weight is 1810 g/mol. The van der Waals surface area contributed by atoms with Crippen LogP contribution in [0.25, 0.3) is 10.9 Å². The van der Waals surface area contributed by atoms with Gasteiger partial charge in [0.15, 0.2) is 0 Å². The van der Waals surface area contributed by atoms with Crippen LogP contribution in [0.15, 0.2) is 109 Å². The summed E-state index contributed by atoms with van der Waals surface area (Å²) in [5.74, 6) is -19.4. The van der Waals surface area contributed by atoms with E-state index < -0.39 is 234 Å². The number of likely N-dealkylation sites (N-methyl/N-ethyl adjacent to an activating group) is 3. The van der Waals surface area contributed by atoms with Crippen molar-refractivity contribution in [2.75, 3.05) is 58.8 Å². The molecule has 1 unspecified atom stereocenters. The van der Waals surface area contributed by atoms with Gasteiger partial charge < -0.3 is 105 Å². The van der Waals surface area contributed by atoms with Crippen LogP contribution in [-0.2, 0) is 107 Å². The lowest BCUT2D eigenvalue weighted by Crippen LogP contribution is -2.63. The highest BCUT2D eigenvalue weighted by Gasteiger charge is 2.46. The Hall–Kier alpha value is -12.6. The number of primary amides is 2. The zero-order valence-electron chi connectivity index (χ0n) is 74.1. The fourth-order valence-corrected chi connectivity index (χ4v) is 17.1. The number of phenols is 1. The lowest BCUT2D eigenvalue weighted by Gasteiger charge is -2.39. The number of halogens is 1. The van der Waals surface area contributed by atoms with Gasteiger partial charge in [-0.2, -0.15) is 0 Å². The number of hydrogen-bond acceptors (Lipinski definition) is 20. The van der Waals surface area contributed by atoms with Gasteiger partial charge in [0.1, 0.15) is 90.1 Å². The first-order valence-electron chi connectivity index (χ1n) is 43.7. The molecule has 3 aliphatic heterocycles. The molecule has 37 nitrogen and oxygen atoms in total. The second-order valence-electron chi connectivity index (χ2n) is 33.5. The van der Waals surface area contributed by atoms with Crippen LogP contribution in [0.4, 0.5) is 4.39 Å². The molecule has 1 aromatic heterocycles. The Kier molecular flexibility index (Phi) is 38.8. The molecule has 0 bridgehead atoms. The SMILES string of the molecule is CCCC[C@H]1C(=O)N2CCC[C@@H]2C(=O)N[C@@H](CC(=O)O)C(=O)N[C@@H](C(C)C)C(=O)N(C)[C@@H](C(C)CC)C(=O)N[C@@H](CCC(N)=O)C(=O)N2CCCC[C@@H]2C(=O)N[C@H](Cc2c[nH]c3ccccc23)C(=O)N[C@@H](Cc2ccc(O)cc2)C(=O)N[C@@H](CCCN)C(=O)N[C@H](C(=O)NCC(N)=O)CSCC(=O)N[C@@H](Cc2ccc(F)cc2)C(=O)N(C)[C@@H](Cc2ccccc2)C(=O)N1C. The van der Waals surface area contributed by atoms with Crippen molar-refractivity contribution in [1.82, 2.24) is 77.3 Å². The number of fused-ring (bicyclic) bond motifs is 3. The highest BCUT2D eigenvalue weighted by Crippen LogP contribution is 2.28. The summed E-state index contributed by atoms with van der Waals surface area (Å²) in [4.78, 5) is 258. The number of carbonyl (C=O) groups is 17. The Bertz CT molecular complexity index is 4790. The minimum Gasteiger partial charge on any atom is -0.508 e. The number of nitrogens with two attached hydrogens (primary N) is 3. The minimum atomic E-state index is -1.90. The van der Waals surface area contributed by atoms with E-state index in [2.05, 4.69) is 52.8 Å². The van der Waals surface area contributed by atoms with Crippen LogP contribution in [0, 0.1) is 17.7 Å². The number of aromatic hydroxyl groups is 1. The Labute approximate surface area is 752 Å². The number of nitrogens with one attached hydrogen (secondary N) is 10. The molecule has 18 N–H and O–H groups in total. The van der Waals surface area contributed by atoms with E-state index in [0.29, 0.717) is 58.8 Å². The van der Waals surface area contributed by atoms with Gasteiger partial charge in [0.25, 0.3) is 0 Å². The number of thioether (sulfide) groups is 1. The van der Waals surface area contributed by atoms with Gasteiger partial charge in [-0.25, -0.2) is 4.39 Å². The highest BCUT2D eigenvalue weighted by atomic mass is 32.2. The van der Waals surface area contributed by atoms with Crippen LogP contribution in [-0.4, -0.2) is 278 Å². The molecular formula is C90H123FN18O19S. The summed E-state index contributed by atoms with van der Waals surface area (Å²) in [6, 6.07) is 6.27. The van der Waals surface area contributed by atoms with Gasteiger partial charge in [0.05, 0.1) is 18.7 Å². The van der Waals surface area contributed by atoms with E-state index in [9.17, 15) is 53.0 Å². The normalized spacial score (nSPS) is 24.3. The number of carboxylic acid groups (broad SMARTS) is 1. The van der Waals surface area contributed by atoms with Gasteiger partial charge in [0.2, 0.25) is 94.5 Å². The van der Waals surface area contributed by atoms with Crippen LogP contribution in [0.1, 0.15) is 147 Å². The van der Waals surface area contributed by atoms with Crippen LogP contribution in [0.5, 0.6) is 5.75 Å². The molecule has 4 aromatic carbocycles.